The van der Waals surface area contributed by atoms with Crippen molar-refractivity contribution in [2.75, 3.05) is 12.4 Å². The number of aliphatic imine (C=N–C) groups is 1. The molecule has 0 spiro atoms. The van der Waals surface area contributed by atoms with E-state index in [9.17, 15) is 5.11 Å². The molecule has 1 aromatic carbocycles. The van der Waals surface area contributed by atoms with E-state index in [1.165, 1.54) is 0 Å². The number of rotatable bonds is 4. The molecule has 4 heteroatoms. The molecule has 4 nitrogen and oxygen atoms in total. The van der Waals surface area contributed by atoms with Gasteiger partial charge in [0, 0.05) is 18.2 Å². The summed E-state index contributed by atoms with van der Waals surface area (Å²) >= 11 is 0. The zero-order chi connectivity index (χ0) is 13.7. The second-order valence-corrected chi connectivity index (χ2v) is 4.36. The Morgan fingerprint density at radius 1 is 1.58 bits per heavy atom. The van der Waals surface area contributed by atoms with Crippen LogP contribution in [0.15, 0.2) is 48.1 Å². The van der Waals surface area contributed by atoms with Crippen LogP contribution in [0.1, 0.15) is 12.8 Å². The first-order valence-corrected chi connectivity index (χ1v) is 6.22. The van der Waals surface area contributed by atoms with Gasteiger partial charge in [0.05, 0.1) is 12.8 Å². The first-order chi connectivity index (χ1) is 9.24. The van der Waals surface area contributed by atoms with E-state index >= 15 is 0 Å². The van der Waals surface area contributed by atoms with Gasteiger partial charge >= 0.3 is 0 Å². The van der Waals surface area contributed by atoms with Crippen LogP contribution in [0.4, 0.5) is 5.69 Å². The number of hydrogen-bond acceptors (Lipinski definition) is 4. The number of benzene rings is 1. The average molecular weight is 258 g/mol. The fraction of sp³-hybridized carbons (Fsp3) is 0.267. The highest BCUT2D eigenvalue weighted by Gasteiger charge is 2.17. The van der Waals surface area contributed by atoms with Gasteiger partial charge in [0.25, 0.3) is 0 Å². The molecule has 1 aliphatic rings. The maximum absolute atomic E-state index is 9.93. The van der Waals surface area contributed by atoms with Crippen molar-refractivity contribution in [1.29, 1.82) is 0 Å². The second-order valence-electron chi connectivity index (χ2n) is 4.36. The van der Waals surface area contributed by atoms with Crippen molar-refractivity contribution in [2.24, 2.45) is 10.9 Å². The Morgan fingerprint density at radius 2 is 2.42 bits per heavy atom. The van der Waals surface area contributed by atoms with Crippen LogP contribution in [0.25, 0.3) is 0 Å². The van der Waals surface area contributed by atoms with E-state index in [-0.39, 0.29) is 11.7 Å². The molecule has 0 saturated heterocycles. The summed E-state index contributed by atoms with van der Waals surface area (Å²) in [5.41, 5.74) is 0.629. The van der Waals surface area contributed by atoms with Crippen molar-refractivity contribution in [1.82, 2.24) is 0 Å². The summed E-state index contributed by atoms with van der Waals surface area (Å²) in [6.45, 7) is 3.76. The van der Waals surface area contributed by atoms with E-state index in [2.05, 4.69) is 16.9 Å². The Labute approximate surface area is 113 Å². The minimum absolute atomic E-state index is 0.147. The van der Waals surface area contributed by atoms with Crippen LogP contribution in [-0.2, 0) is 0 Å². The van der Waals surface area contributed by atoms with E-state index in [0.29, 0.717) is 11.4 Å². The SMILES string of the molecule is C=CCC1CC=CN=C1Nc1ccc(OC)cc1O. The van der Waals surface area contributed by atoms with E-state index in [0.717, 1.165) is 18.7 Å². The molecular formula is C15H18N2O2. The molecule has 1 aromatic rings. The number of aromatic hydroxyl groups is 1. The molecule has 0 aromatic heterocycles. The minimum atomic E-state index is 0.147. The number of nitrogens with one attached hydrogen (secondary N) is 1. The van der Waals surface area contributed by atoms with Gasteiger partial charge in [-0.3, -0.25) is 0 Å². The van der Waals surface area contributed by atoms with Crippen LogP contribution in [0.5, 0.6) is 11.5 Å². The van der Waals surface area contributed by atoms with Gasteiger partial charge in [-0.25, -0.2) is 4.99 Å². The predicted molar refractivity (Wildman–Crippen MR) is 77.8 cm³/mol. The van der Waals surface area contributed by atoms with Crippen LogP contribution in [-0.4, -0.2) is 18.1 Å². The quantitative estimate of drug-likeness (QED) is 0.643. The summed E-state index contributed by atoms with van der Waals surface area (Å²) in [7, 11) is 1.57. The monoisotopic (exact) mass is 258 g/mol. The number of allylic oxidation sites excluding steroid dienone is 2. The van der Waals surface area contributed by atoms with E-state index in [1.807, 2.05) is 12.2 Å². The van der Waals surface area contributed by atoms with E-state index < -0.39 is 0 Å². The maximum atomic E-state index is 9.93. The maximum Gasteiger partial charge on any atom is 0.142 e. The van der Waals surface area contributed by atoms with E-state index in [4.69, 9.17) is 4.74 Å². The fourth-order valence-corrected chi connectivity index (χ4v) is 2.00. The van der Waals surface area contributed by atoms with Crippen LogP contribution in [0, 0.1) is 5.92 Å². The van der Waals surface area contributed by atoms with Crippen LogP contribution < -0.4 is 10.1 Å². The normalized spacial score (nSPS) is 17.7. The number of hydrogen-bond donors (Lipinski definition) is 2. The van der Waals surface area contributed by atoms with Crippen LogP contribution in [0.2, 0.25) is 0 Å². The van der Waals surface area contributed by atoms with Gasteiger partial charge in [0.2, 0.25) is 0 Å². The van der Waals surface area contributed by atoms with Crippen molar-refractivity contribution < 1.29 is 9.84 Å². The largest absolute Gasteiger partial charge is 0.506 e. The summed E-state index contributed by atoms with van der Waals surface area (Å²) in [5.74, 6) is 1.90. The lowest BCUT2D eigenvalue weighted by Crippen LogP contribution is -2.23. The molecule has 19 heavy (non-hydrogen) atoms. The van der Waals surface area contributed by atoms with Crippen molar-refractivity contribution in [3.8, 4) is 11.5 Å². The van der Waals surface area contributed by atoms with Crippen LogP contribution >= 0.6 is 0 Å². The molecule has 0 bridgehead atoms. The number of anilines is 1. The van der Waals surface area contributed by atoms with E-state index in [1.54, 1.807) is 31.5 Å². The Morgan fingerprint density at radius 3 is 3.11 bits per heavy atom. The Bertz CT molecular complexity index is 519. The molecule has 0 saturated carbocycles. The van der Waals surface area contributed by atoms with Crippen molar-refractivity contribution in [3.05, 3.63) is 43.1 Å². The van der Waals surface area contributed by atoms with Crippen molar-refractivity contribution in [3.63, 3.8) is 0 Å². The number of ether oxygens (including phenoxy) is 1. The highest BCUT2D eigenvalue weighted by molar-refractivity contribution is 5.99. The third-order valence-electron chi connectivity index (χ3n) is 3.05. The smallest absolute Gasteiger partial charge is 0.142 e. The van der Waals surface area contributed by atoms with Crippen molar-refractivity contribution in [2.45, 2.75) is 12.8 Å². The van der Waals surface area contributed by atoms with Crippen molar-refractivity contribution >= 4 is 11.5 Å². The number of amidine groups is 1. The average Bonchev–Trinajstić information content (AvgIpc) is 2.43. The van der Waals surface area contributed by atoms with Gasteiger partial charge in [-0.2, -0.15) is 0 Å². The molecule has 0 amide bonds. The zero-order valence-electron chi connectivity index (χ0n) is 11.0. The minimum Gasteiger partial charge on any atom is -0.506 e. The lowest BCUT2D eigenvalue weighted by Gasteiger charge is -2.20. The highest BCUT2D eigenvalue weighted by Crippen LogP contribution is 2.29. The Balaban J connectivity index is 2.17. The topological polar surface area (TPSA) is 53.9 Å². The molecule has 1 aliphatic heterocycles. The van der Waals surface area contributed by atoms with Gasteiger partial charge in [0.1, 0.15) is 17.3 Å². The molecule has 1 atom stereocenters. The highest BCUT2D eigenvalue weighted by atomic mass is 16.5. The number of phenolic OH excluding ortho intramolecular Hbond substituents is 1. The lowest BCUT2D eigenvalue weighted by molar-refractivity contribution is 0.408. The summed E-state index contributed by atoms with van der Waals surface area (Å²) in [5, 5.41) is 13.1. The molecule has 0 aliphatic carbocycles. The van der Waals surface area contributed by atoms with Gasteiger partial charge in [-0.15, -0.1) is 6.58 Å². The predicted octanol–water partition coefficient (Wildman–Crippen LogP) is 3.32. The molecule has 0 fully saturated rings. The van der Waals surface area contributed by atoms with Gasteiger partial charge in [-0.1, -0.05) is 12.2 Å². The molecule has 100 valence electrons. The first kappa shape index (κ1) is 13.2. The molecule has 1 heterocycles. The molecule has 2 N–H and O–H groups in total. The summed E-state index contributed by atoms with van der Waals surface area (Å²) < 4.78 is 5.06. The lowest BCUT2D eigenvalue weighted by atomic mass is 9.98. The standard InChI is InChI=1S/C15H18N2O2/c1-3-5-11-6-4-9-16-15(11)17-13-8-7-12(19-2)10-14(13)18/h3-4,7-11,18H,1,5-6H2,2H3,(H,16,17). The van der Waals surface area contributed by atoms with Gasteiger partial charge in [0.15, 0.2) is 0 Å². The zero-order valence-corrected chi connectivity index (χ0v) is 11.0. The molecule has 2 rings (SSSR count). The molecule has 1 unspecified atom stereocenters. The third kappa shape index (κ3) is 3.16. The summed E-state index contributed by atoms with van der Waals surface area (Å²) in [6, 6.07) is 5.15. The Hall–Kier alpha value is -2.23. The first-order valence-electron chi connectivity index (χ1n) is 6.22. The van der Waals surface area contributed by atoms with Gasteiger partial charge in [-0.05, 0) is 25.0 Å². The second kappa shape index (κ2) is 6.09. The van der Waals surface area contributed by atoms with Crippen LogP contribution in [0.3, 0.4) is 0 Å². The third-order valence-corrected chi connectivity index (χ3v) is 3.05. The van der Waals surface area contributed by atoms with Gasteiger partial charge < -0.3 is 15.2 Å². The number of phenols is 1. The summed E-state index contributed by atoms with van der Waals surface area (Å²) in [6.07, 6.45) is 7.48. The summed E-state index contributed by atoms with van der Waals surface area (Å²) in [4.78, 5) is 4.34. The number of nitrogens with zero attached hydrogens (tertiary/aromatic N) is 1. The Kier molecular flexibility index (Phi) is 4.23. The number of methoxy groups -OCH3 is 1. The fourth-order valence-electron chi connectivity index (χ4n) is 2.00. The molecule has 0 radical (unpaired) electrons. The molecular weight excluding hydrogens is 240 g/mol.